The minimum Gasteiger partial charge on any atom is -0.455 e. The van der Waals surface area contributed by atoms with Gasteiger partial charge in [0.1, 0.15) is 11.2 Å². The lowest BCUT2D eigenvalue weighted by Gasteiger charge is -2.10. The lowest BCUT2D eigenvalue weighted by molar-refractivity contribution is 0.673. The molecule has 10 rings (SSSR count). The van der Waals surface area contributed by atoms with Gasteiger partial charge in [0, 0.05) is 32.8 Å². The van der Waals surface area contributed by atoms with Crippen LogP contribution in [-0.4, -0.2) is 15.0 Å². The summed E-state index contributed by atoms with van der Waals surface area (Å²) in [5.41, 5.74) is 9.09. The third-order valence-corrected chi connectivity index (χ3v) is 9.70. The fourth-order valence-electron chi connectivity index (χ4n) is 7.13. The van der Waals surface area contributed by atoms with Crippen molar-refractivity contribution in [2.75, 3.05) is 0 Å². The van der Waals surface area contributed by atoms with E-state index in [1.54, 1.807) is 0 Å². The van der Waals surface area contributed by atoms with Crippen LogP contribution in [0, 0.1) is 0 Å². The maximum Gasteiger partial charge on any atom is 0.164 e. The summed E-state index contributed by atoms with van der Waals surface area (Å²) in [6.07, 6.45) is 0. The highest BCUT2D eigenvalue weighted by Crippen LogP contribution is 2.42. The first-order valence-corrected chi connectivity index (χ1v) is 17.1. The first kappa shape index (κ1) is 29.0. The largest absolute Gasteiger partial charge is 0.455 e. The Hall–Kier alpha value is -6.91. The average Bonchev–Trinajstić information content (AvgIpc) is 3.60. The smallest absolute Gasteiger partial charge is 0.164 e. The van der Waals surface area contributed by atoms with Crippen LogP contribution < -0.4 is 0 Å². The van der Waals surface area contributed by atoms with Crippen molar-refractivity contribution in [3.63, 3.8) is 0 Å². The van der Waals surface area contributed by atoms with Gasteiger partial charge in [-0.15, -0.1) is 0 Å². The summed E-state index contributed by atoms with van der Waals surface area (Å²) < 4.78 is 6.69. The molecule has 0 saturated heterocycles. The van der Waals surface area contributed by atoms with E-state index in [1.165, 1.54) is 21.9 Å². The van der Waals surface area contributed by atoms with E-state index in [0.717, 1.165) is 60.5 Å². The van der Waals surface area contributed by atoms with Crippen molar-refractivity contribution in [3.05, 3.63) is 176 Å². The molecule has 0 fully saturated rings. The Bertz CT molecular complexity index is 2840. The van der Waals surface area contributed by atoms with Crippen LogP contribution in [0.2, 0.25) is 0 Å². The number of fused-ring (bicyclic) bond motifs is 6. The summed E-state index contributed by atoms with van der Waals surface area (Å²) in [6.45, 7) is 0. The molecule has 4 nitrogen and oxygen atoms in total. The average molecular weight is 652 g/mol. The van der Waals surface area contributed by atoms with Gasteiger partial charge < -0.3 is 4.42 Å². The zero-order valence-electron chi connectivity index (χ0n) is 27.5. The number of hydrogen-bond acceptors (Lipinski definition) is 4. The summed E-state index contributed by atoms with van der Waals surface area (Å²) >= 11 is 0. The van der Waals surface area contributed by atoms with Crippen LogP contribution in [0.15, 0.2) is 180 Å². The maximum atomic E-state index is 6.69. The molecule has 8 aromatic carbocycles. The minimum atomic E-state index is 0.612. The molecule has 0 aliphatic heterocycles. The Labute approximate surface area is 294 Å². The summed E-state index contributed by atoms with van der Waals surface area (Å²) in [4.78, 5) is 14.9. The third-order valence-electron chi connectivity index (χ3n) is 9.70. The van der Waals surface area contributed by atoms with E-state index >= 15 is 0 Å². The molecule has 0 N–H and O–H groups in total. The lowest BCUT2D eigenvalue weighted by atomic mass is 9.93. The van der Waals surface area contributed by atoms with Gasteiger partial charge in [-0.05, 0) is 68.7 Å². The molecule has 2 heterocycles. The second kappa shape index (κ2) is 11.9. The van der Waals surface area contributed by atoms with Crippen LogP contribution in [0.1, 0.15) is 0 Å². The Morgan fingerprint density at radius 1 is 0.333 bits per heavy atom. The Kier molecular flexibility index (Phi) is 6.78. The van der Waals surface area contributed by atoms with E-state index in [1.807, 2.05) is 72.8 Å². The van der Waals surface area contributed by atoms with Crippen LogP contribution >= 0.6 is 0 Å². The van der Waals surface area contributed by atoms with Gasteiger partial charge in [0.05, 0.1) is 0 Å². The zero-order chi connectivity index (χ0) is 33.7. The van der Waals surface area contributed by atoms with Crippen molar-refractivity contribution in [2.45, 2.75) is 0 Å². The van der Waals surface area contributed by atoms with Crippen molar-refractivity contribution in [1.29, 1.82) is 0 Å². The monoisotopic (exact) mass is 651 g/mol. The highest BCUT2D eigenvalue weighted by molar-refractivity contribution is 6.21. The summed E-state index contributed by atoms with van der Waals surface area (Å²) in [6, 6.07) is 61.1. The van der Waals surface area contributed by atoms with Gasteiger partial charge in [-0.1, -0.05) is 146 Å². The van der Waals surface area contributed by atoms with Crippen LogP contribution in [0.5, 0.6) is 0 Å². The first-order valence-electron chi connectivity index (χ1n) is 17.1. The summed E-state index contributed by atoms with van der Waals surface area (Å²) in [5, 5.41) is 6.79. The normalized spacial score (nSPS) is 11.5. The van der Waals surface area contributed by atoms with Crippen molar-refractivity contribution < 1.29 is 4.42 Å². The van der Waals surface area contributed by atoms with E-state index in [9.17, 15) is 0 Å². The van der Waals surface area contributed by atoms with Crippen molar-refractivity contribution in [1.82, 2.24) is 15.0 Å². The van der Waals surface area contributed by atoms with Crippen LogP contribution in [0.3, 0.4) is 0 Å². The number of hydrogen-bond donors (Lipinski definition) is 0. The molecule has 4 heteroatoms. The SMILES string of the molecule is c1ccc(-c2nc(-c3ccccc3)nc(-c3ccc4oc5c6ccccc6cc(-c6ccc(-c7ccc8ccccc8c7)cc6)c5c4c3)n2)cc1. The molecule has 0 aliphatic carbocycles. The van der Waals surface area contributed by atoms with Gasteiger partial charge in [-0.25, -0.2) is 15.0 Å². The van der Waals surface area contributed by atoms with Crippen molar-refractivity contribution in [3.8, 4) is 56.4 Å². The summed E-state index contributed by atoms with van der Waals surface area (Å²) in [5.74, 6) is 1.88. The molecule has 0 atom stereocenters. The first-order chi connectivity index (χ1) is 25.2. The number of benzene rings is 8. The summed E-state index contributed by atoms with van der Waals surface area (Å²) in [7, 11) is 0. The number of nitrogens with zero attached hydrogens (tertiary/aromatic N) is 3. The predicted octanol–water partition coefficient (Wildman–Crippen LogP) is 12.4. The molecule has 51 heavy (non-hydrogen) atoms. The molecular formula is C47H29N3O. The van der Waals surface area contributed by atoms with E-state index in [-0.39, 0.29) is 0 Å². The topological polar surface area (TPSA) is 51.8 Å². The molecule has 0 unspecified atom stereocenters. The fraction of sp³-hybridized carbons (Fsp3) is 0. The van der Waals surface area contributed by atoms with Crippen LogP contribution in [-0.2, 0) is 0 Å². The van der Waals surface area contributed by atoms with E-state index in [4.69, 9.17) is 19.4 Å². The van der Waals surface area contributed by atoms with Crippen molar-refractivity contribution in [2.24, 2.45) is 0 Å². The number of rotatable bonds is 5. The Morgan fingerprint density at radius 3 is 1.59 bits per heavy atom. The molecule has 0 amide bonds. The third kappa shape index (κ3) is 5.13. The Morgan fingerprint density at radius 2 is 0.882 bits per heavy atom. The second-order valence-corrected chi connectivity index (χ2v) is 12.8. The lowest BCUT2D eigenvalue weighted by Crippen LogP contribution is -2.00. The molecule has 0 spiro atoms. The fourth-order valence-corrected chi connectivity index (χ4v) is 7.13. The zero-order valence-corrected chi connectivity index (χ0v) is 27.5. The van der Waals surface area contributed by atoms with Gasteiger partial charge in [0.2, 0.25) is 0 Å². The Balaban J connectivity index is 1.15. The molecule has 0 saturated carbocycles. The van der Waals surface area contributed by atoms with Gasteiger partial charge >= 0.3 is 0 Å². The second-order valence-electron chi connectivity index (χ2n) is 12.8. The molecule has 10 aromatic rings. The highest BCUT2D eigenvalue weighted by Gasteiger charge is 2.19. The van der Waals surface area contributed by atoms with Gasteiger partial charge in [-0.3, -0.25) is 0 Å². The van der Waals surface area contributed by atoms with Crippen LogP contribution in [0.25, 0.3) is 99.9 Å². The predicted molar refractivity (Wildman–Crippen MR) is 209 cm³/mol. The van der Waals surface area contributed by atoms with Crippen molar-refractivity contribution >= 4 is 43.5 Å². The quantitative estimate of drug-likeness (QED) is 0.186. The van der Waals surface area contributed by atoms with Gasteiger partial charge in [0.15, 0.2) is 17.5 Å². The molecule has 0 bridgehead atoms. The standard InChI is InChI=1S/C47H29N3O/c1-3-12-33(13-4-1)45-48-46(34-14-5-2-6-15-34)50-47(49-45)38-25-26-42-41(29-38)43-40(28-37-17-9-10-18-39(37)44(43)51-42)32-22-19-31(20-23-32)36-24-21-30-11-7-8-16-35(30)27-36/h1-29H. The molecule has 0 radical (unpaired) electrons. The highest BCUT2D eigenvalue weighted by atomic mass is 16.3. The van der Waals surface area contributed by atoms with E-state index < -0.39 is 0 Å². The maximum absolute atomic E-state index is 6.69. The molecule has 0 aliphatic rings. The molecule has 238 valence electrons. The van der Waals surface area contributed by atoms with E-state index in [2.05, 4.69) is 103 Å². The van der Waals surface area contributed by atoms with Gasteiger partial charge in [-0.2, -0.15) is 0 Å². The number of aromatic nitrogens is 3. The minimum absolute atomic E-state index is 0.612. The van der Waals surface area contributed by atoms with Gasteiger partial charge in [0.25, 0.3) is 0 Å². The van der Waals surface area contributed by atoms with Crippen LogP contribution in [0.4, 0.5) is 0 Å². The van der Waals surface area contributed by atoms with E-state index in [0.29, 0.717) is 17.5 Å². The molecule has 2 aromatic heterocycles. The molecular weight excluding hydrogens is 623 g/mol. The number of furan rings is 1.